The number of nitrogens with zero attached hydrogens (tertiary/aromatic N) is 2. The van der Waals surface area contributed by atoms with E-state index in [2.05, 4.69) is 10.2 Å². The fraction of sp³-hybridized carbons (Fsp3) is 0.391. The van der Waals surface area contributed by atoms with Gasteiger partial charge in [0, 0.05) is 49.3 Å². The zero-order valence-electron chi connectivity index (χ0n) is 18.1. The minimum absolute atomic E-state index is 0.193. The molecule has 0 spiro atoms. The highest BCUT2D eigenvalue weighted by molar-refractivity contribution is 6.31. The van der Waals surface area contributed by atoms with Gasteiger partial charge in [-0.3, -0.25) is 9.59 Å². The maximum atomic E-state index is 13.0. The van der Waals surface area contributed by atoms with Crippen LogP contribution < -0.4 is 19.7 Å². The monoisotopic (exact) mass is 445 g/mol. The van der Waals surface area contributed by atoms with E-state index in [1.165, 1.54) is 14.2 Å². The molecule has 1 saturated heterocycles. The fourth-order valence-electron chi connectivity index (χ4n) is 3.59. The smallest absolute Gasteiger partial charge is 0.255 e. The van der Waals surface area contributed by atoms with E-state index < -0.39 is 0 Å². The zero-order chi connectivity index (χ0) is 22.4. The van der Waals surface area contributed by atoms with E-state index in [1.54, 1.807) is 30.3 Å². The minimum atomic E-state index is -0.294. The van der Waals surface area contributed by atoms with Crippen LogP contribution in [-0.4, -0.2) is 57.1 Å². The Morgan fingerprint density at radius 3 is 2.23 bits per heavy atom. The number of anilines is 2. The van der Waals surface area contributed by atoms with Gasteiger partial charge >= 0.3 is 0 Å². The van der Waals surface area contributed by atoms with Gasteiger partial charge in [0.25, 0.3) is 5.91 Å². The molecule has 0 saturated carbocycles. The van der Waals surface area contributed by atoms with Gasteiger partial charge in [-0.15, -0.1) is 0 Å². The number of piperazine rings is 1. The number of carbonyl (C=O) groups is 2. The lowest BCUT2D eigenvalue weighted by atomic mass is 10.1. The number of hydrogen-bond donors (Lipinski definition) is 1. The fourth-order valence-corrected chi connectivity index (χ4v) is 3.76. The first-order valence-electron chi connectivity index (χ1n) is 10.3. The predicted molar refractivity (Wildman–Crippen MR) is 123 cm³/mol. The summed E-state index contributed by atoms with van der Waals surface area (Å²) in [6.07, 6.45) is 1.42. The molecule has 0 radical (unpaired) electrons. The second kappa shape index (κ2) is 10.4. The summed E-state index contributed by atoms with van der Waals surface area (Å²) in [5, 5.41) is 3.49. The van der Waals surface area contributed by atoms with Crippen molar-refractivity contribution in [2.24, 2.45) is 0 Å². The molecule has 8 heteroatoms. The van der Waals surface area contributed by atoms with Gasteiger partial charge in [0.1, 0.15) is 11.5 Å². The number of benzene rings is 2. The third-order valence-electron chi connectivity index (χ3n) is 5.26. The Morgan fingerprint density at radius 2 is 1.65 bits per heavy atom. The normalized spacial score (nSPS) is 13.7. The highest BCUT2D eigenvalue weighted by Crippen LogP contribution is 2.31. The van der Waals surface area contributed by atoms with Gasteiger partial charge in [0.15, 0.2) is 0 Å². The van der Waals surface area contributed by atoms with E-state index >= 15 is 0 Å². The Bertz CT molecular complexity index is 920. The van der Waals surface area contributed by atoms with Gasteiger partial charge in [-0.2, -0.15) is 0 Å². The van der Waals surface area contributed by atoms with Crippen LogP contribution in [0.3, 0.4) is 0 Å². The predicted octanol–water partition coefficient (Wildman–Crippen LogP) is 4.06. The molecule has 1 aliphatic rings. The molecule has 166 valence electrons. The van der Waals surface area contributed by atoms with Crippen LogP contribution in [0.2, 0.25) is 5.02 Å². The molecule has 0 aromatic heterocycles. The van der Waals surface area contributed by atoms with Crippen LogP contribution >= 0.6 is 11.6 Å². The summed E-state index contributed by atoms with van der Waals surface area (Å²) in [4.78, 5) is 29.2. The van der Waals surface area contributed by atoms with Crippen LogP contribution in [0.25, 0.3) is 0 Å². The van der Waals surface area contributed by atoms with Crippen molar-refractivity contribution in [3.63, 3.8) is 0 Å². The molecule has 0 bridgehead atoms. The SMILES string of the molecule is CCCC(=O)N1CCN(c2ccc(Cl)cc2NC(=O)c2cc(OC)cc(OC)c2)CC1. The minimum Gasteiger partial charge on any atom is -0.497 e. The summed E-state index contributed by atoms with van der Waals surface area (Å²) in [7, 11) is 3.08. The number of hydrogen-bond acceptors (Lipinski definition) is 5. The van der Waals surface area contributed by atoms with E-state index in [0.717, 1.165) is 12.1 Å². The van der Waals surface area contributed by atoms with Gasteiger partial charge in [0.05, 0.1) is 25.6 Å². The third-order valence-corrected chi connectivity index (χ3v) is 5.49. The molecule has 2 aromatic rings. The average molecular weight is 446 g/mol. The van der Waals surface area contributed by atoms with E-state index in [4.69, 9.17) is 21.1 Å². The Hall–Kier alpha value is -2.93. The lowest BCUT2D eigenvalue weighted by Crippen LogP contribution is -2.48. The first kappa shape index (κ1) is 22.7. The first-order chi connectivity index (χ1) is 14.9. The van der Waals surface area contributed by atoms with Crippen molar-refractivity contribution in [3.8, 4) is 11.5 Å². The molecule has 1 N–H and O–H groups in total. The van der Waals surface area contributed by atoms with E-state index in [0.29, 0.717) is 60.4 Å². The Labute approximate surface area is 187 Å². The maximum absolute atomic E-state index is 13.0. The van der Waals surface area contributed by atoms with Crippen molar-refractivity contribution >= 4 is 34.8 Å². The summed E-state index contributed by atoms with van der Waals surface area (Å²) in [6.45, 7) is 4.69. The van der Waals surface area contributed by atoms with E-state index in [9.17, 15) is 9.59 Å². The summed E-state index contributed by atoms with van der Waals surface area (Å²) < 4.78 is 10.5. The van der Waals surface area contributed by atoms with Gasteiger partial charge in [0.2, 0.25) is 5.91 Å². The third kappa shape index (κ3) is 5.61. The second-order valence-electron chi connectivity index (χ2n) is 7.33. The summed E-state index contributed by atoms with van der Waals surface area (Å²) >= 11 is 6.22. The number of carbonyl (C=O) groups excluding carboxylic acids is 2. The van der Waals surface area contributed by atoms with E-state index in [1.807, 2.05) is 17.9 Å². The molecule has 0 unspecified atom stereocenters. The van der Waals surface area contributed by atoms with Crippen LogP contribution in [0, 0.1) is 0 Å². The van der Waals surface area contributed by atoms with Crippen LogP contribution in [0.15, 0.2) is 36.4 Å². The number of amides is 2. The molecule has 1 heterocycles. The lowest BCUT2D eigenvalue weighted by molar-refractivity contribution is -0.131. The van der Waals surface area contributed by atoms with Crippen molar-refractivity contribution in [3.05, 3.63) is 47.0 Å². The highest BCUT2D eigenvalue weighted by Gasteiger charge is 2.23. The van der Waals surface area contributed by atoms with Crippen molar-refractivity contribution in [1.29, 1.82) is 0 Å². The summed E-state index contributed by atoms with van der Waals surface area (Å²) in [6, 6.07) is 10.4. The number of nitrogens with one attached hydrogen (secondary N) is 1. The number of halogens is 1. The zero-order valence-corrected chi connectivity index (χ0v) is 18.9. The van der Waals surface area contributed by atoms with Crippen LogP contribution in [-0.2, 0) is 4.79 Å². The molecule has 0 atom stereocenters. The molecule has 1 aliphatic heterocycles. The number of methoxy groups -OCH3 is 2. The Kier molecular flexibility index (Phi) is 7.63. The molecule has 0 aliphatic carbocycles. The highest BCUT2D eigenvalue weighted by atomic mass is 35.5. The van der Waals surface area contributed by atoms with Crippen molar-refractivity contribution in [2.75, 3.05) is 50.6 Å². The standard InChI is InChI=1S/C23H28ClN3O4/c1-4-5-22(28)27-10-8-26(9-11-27)21-7-6-17(24)14-20(21)25-23(29)16-12-18(30-2)15-19(13-16)31-3/h6-7,12-15H,4-5,8-11H2,1-3H3,(H,25,29). The molecule has 31 heavy (non-hydrogen) atoms. The lowest BCUT2D eigenvalue weighted by Gasteiger charge is -2.37. The van der Waals surface area contributed by atoms with E-state index in [-0.39, 0.29) is 11.8 Å². The Morgan fingerprint density at radius 1 is 1.00 bits per heavy atom. The van der Waals surface area contributed by atoms with Gasteiger partial charge < -0.3 is 24.6 Å². The van der Waals surface area contributed by atoms with Gasteiger partial charge in [-0.05, 0) is 36.8 Å². The average Bonchev–Trinajstić information content (AvgIpc) is 2.79. The van der Waals surface area contributed by atoms with Crippen LogP contribution in [0.1, 0.15) is 30.1 Å². The Balaban J connectivity index is 1.78. The molecule has 1 fully saturated rings. The molecule has 7 nitrogen and oxygen atoms in total. The molecule has 2 aromatic carbocycles. The van der Waals surface area contributed by atoms with Crippen LogP contribution in [0.4, 0.5) is 11.4 Å². The molecule has 2 amide bonds. The van der Waals surface area contributed by atoms with Crippen molar-refractivity contribution in [2.45, 2.75) is 19.8 Å². The van der Waals surface area contributed by atoms with Gasteiger partial charge in [-0.25, -0.2) is 0 Å². The number of rotatable bonds is 7. The first-order valence-corrected chi connectivity index (χ1v) is 10.7. The largest absolute Gasteiger partial charge is 0.497 e. The molecular formula is C23H28ClN3O4. The second-order valence-corrected chi connectivity index (χ2v) is 7.77. The molecule has 3 rings (SSSR count). The summed E-state index contributed by atoms with van der Waals surface area (Å²) in [5.74, 6) is 0.962. The summed E-state index contributed by atoms with van der Waals surface area (Å²) in [5.41, 5.74) is 1.90. The number of ether oxygens (including phenoxy) is 2. The van der Waals surface area contributed by atoms with Crippen LogP contribution in [0.5, 0.6) is 11.5 Å². The van der Waals surface area contributed by atoms with Gasteiger partial charge in [-0.1, -0.05) is 18.5 Å². The molecular weight excluding hydrogens is 418 g/mol. The van der Waals surface area contributed by atoms with Crippen molar-refractivity contribution < 1.29 is 19.1 Å². The maximum Gasteiger partial charge on any atom is 0.255 e. The topological polar surface area (TPSA) is 71.1 Å². The van der Waals surface area contributed by atoms with Crippen molar-refractivity contribution in [1.82, 2.24) is 4.90 Å². The quantitative estimate of drug-likeness (QED) is 0.695.